The summed E-state index contributed by atoms with van der Waals surface area (Å²) in [6, 6.07) is 3.72. The summed E-state index contributed by atoms with van der Waals surface area (Å²) in [6.45, 7) is 2.29. The monoisotopic (exact) mass is 356 g/mol. The van der Waals surface area contributed by atoms with Crippen LogP contribution in [0.3, 0.4) is 0 Å². The molecule has 24 heavy (non-hydrogen) atoms. The van der Waals surface area contributed by atoms with Gasteiger partial charge in [0.1, 0.15) is 5.82 Å². The zero-order chi connectivity index (χ0) is 17.9. The molecule has 132 valence electrons. The fourth-order valence-corrected chi connectivity index (χ4v) is 3.17. The van der Waals surface area contributed by atoms with Crippen LogP contribution >= 0.6 is 0 Å². The number of ether oxygens (including phenoxy) is 1. The van der Waals surface area contributed by atoms with E-state index in [4.69, 9.17) is 4.74 Å². The predicted molar refractivity (Wildman–Crippen MR) is 89.1 cm³/mol. The highest BCUT2D eigenvalue weighted by Gasteiger charge is 2.17. The minimum absolute atomic E-state index is 0.124. The Morgan fingerprint density at radius 3 is 2.62 bits per heavy atom. The molecule has 2 N–H and O–H groups in total. The van der Waals surface area contributed by atoms with E-state index in [2.05, 4.69) is 15.1 Å². The first kappa shape index (κ1) is 18.2. The molecule has 0 fully saturated rings. The third-order valence-corrected chi connectivity index (χ3v) is 5.09. The van der Waals surface area contributed by atoms with Crippen LogP contribution in [0.5, 0.6) is 5.88 Å². The molecule has 1 heterocycles. The minimum atomic E-state index is -3.67. The molecule has 0 unspecified atom stereocenters. The summed E-state index contributed by atoms with van der Waals surface area (Å²) in [5.41, 5.74) is 1.91. The molecule has 1 aromatic heterocycles. The van der Waals surface area contributed by atoms with E-state index in [9.17, 15) is 12.8 Å². The highest BCUT2D eigenvalue weighted by molar-refractivity contribution is 7.89. The van der Waals surface area contributed by atoms with Crippen molar-refractivity contribution in [2.75, 3.05) is 19.5 Å². The molecule has 0 saturated heterocycles. The molecule has 2 rings (SSSR count). The molecular formula is C15H21FN4O3S. The lowest BCUT2D eigenvalue weighted by atomic mass is 10.2. The van der Waals surface area contributed by atoms with E-state index in [-0.39, 0.29) is 10.6 Å². The summed E-state index contributed by atoms with van der Waals surface area (Å²) in [4.78, 5) is -0.124. The first-order valence-electron chi connectivity index (χ1n) is 7.39. The lowest BCUT2D eigenvalue weighted by molar-refractivity contribution is 0.369. The quantitative estimate of drug-likeness (QED) is 0.788. The summed E-state index contributed by atoms with van der Waals surface area (Å²) in [6.07, 6.45) is 0.718. The van der Waals surface area contributed by atoms with Crippen LogP contribution in [0.15, 0.2) is 23.1 Å². The van der Waals surface area contributed by atoms with Crippen molar-refractivity contribution in [1.82, 2.24) is 14.5 Å². The normalized spacial score (nSPS) is 11.5. The number of anilines is 1. The van der Waals surface area contributed by atoms with Crippen molar-refractivity contribution in [1.29, 1.82) is 0 Å². The van der Waals surface area contributed by atoms with Gasteiger partial charge in [0.25, 0.3) is 0 Å². The van der Waals surface area contributed by atoms with E-state index >= 15 is 0 Å². The Morgan fingerprint density at radius 1 is 1.38 bits per heavy atom. The molecule has 0 bridgehead atoms. The molecule has 0 aliphatic rings. The number of halogens is 1. The molecule has 9 heteroatoms. The number of rotatable bonds is 7. The van der Waals surface area contributed by atoms with Crippen LogP contribution in [0.2, 0.25) is 0 Å². The van der Waals surface area contributed by atoms with Gasteiger partial charge in [0.05, 0.1) is 29.0 Å². The molecule has 0 aliphatic carbocycles. The zero-order valence-corrected chi connectivity index (χ0v) is 14.9. The number of nitrogens with zero attached hydrogens (tertiary/aromatic N) is 2. The Morgan fingerprint density at radius 2 is 2.08 bits per heavy atom. The Kier molecular flexibility index (Phi) is 5.45. The average molecular weight is 356 g/mol. The molecule has 0 aliphatic heterocycles. The molecule has 7 nitrogen and oxygen atoms in total. The van der Waals surface area contributed by atoms with Crippen molar-refractivity contribution in [2.24, 2.45) is 7.05 Å². The number of nitrogens with one attached hydrogen (secondary N) is 2. The second kappa shape index (κ2) is 7.18. The first-order valence-corrected chi connectivity index (χ1v) is 8.88. The highest BCUT2D eigenvalue weighted by Crippen LogP contribution is 2.25. The highest BCUT2D eigenvalue weighted by atomic mass is 32.2. The van der Waals surface area contributed by atoms with Crippen LogP contribution in [0.1, 0.15) is 18.2 Å². The smallest absolute Gasteiger partial charge is 0.240 e. The van der Waals surface area contributed by atoms with Crippen LogP contribution in [0.4, 0.5) is 10.1 Å². The summed E-state index contributed by atoms with van der Waals surface area (Å²) >= 11 is 0. The van der Waals surface area contributed by atoms with E-state index in [1.807, 2.05) is 6.92 Å². The second-order valence-corrected chi connectivity index (χ2v) is 7.00. The van der Waals surface area contributed by atoms with Gasteiger partial charge in [-0.1, -0.05) is 6.92 Å². The maximum absolute atomic E-state index is 14.2. The van der Waals surface area contributed by atoms with E-state index in [0.717, 1.165) is 23.7 Å². The Bertz CT molecular complexity index is 833. The van der Waals surface area contributed by atoms with E-state index in [1.165, 1.54) is 19.2 Å². The van der Waals surface area contributed by atoms with E-state index in [1.54, 1.807) is 18.8 Å². The number of benzene rings is 1. The van der Waals surface area contributed by atoms with Crippen LogP contribution in [-0.4, -0.2) is 32.4 Å². The number of sulfonamides is 1. The lowest BCUT2D eigenvalue weighted by Crippen LogP contribution is -2.18. The second-order valence-electron chi connectivity index (χ2n) is 5.11. The van der Waals surface area contributed by atoms with Crippen molar-refractivity contribution < 1.29 is 17.5 Å². The number of hydrogen-bond acceptors (Lipinski definition) is 5. The van der Waals surface area contributed by atoms with Crippen LogP contribution < -0.4 is 14.8 Å². The number of aromatic nitrogens is 2. The van der Waals surface area contributed by atoms with Crippen LogP contribution in [0, 0.1) is 5.82 Å². The predicted octanol–water partition coefficient (Wildman–Crippen LogP) is 1.65. The lowest BCUT2D eigenvalue weighted by Gasteiger charge is -2.11. The fourth-order valence-electron chi connectivity index (χ4n) is 2.43. The maximum atomic E-state index is 14.2. The van der Waals surface area contributed by atoms with Crippen molar-refractivity contribution >= 4 is 15.7 Å². The summed E-state index contributed by atoms with van der Waals surface area (Å²) in [5.74, 6) is -0.0404. The maximum Gasteiger partial charge on any atom is 0.240 e. The Labute approximate surface area is 140 Å². The summed E-state index contributed by atoms with van der Waals surface area (Å²) in [5, 5.41) is 7.33. The summed E-state index contributed by atoms with van der Waals surface area (Å²) in [7, 11) is 0.935. The van der Waals surface area contributed by atoms with Crippen molar-refractivity contribution in [3.05, 3.63) is 35.3 Å². The van der Waals surface area contributed by atoms with Crippen molar-refractivity contribution in [2.45, 2.75) is 24.8 Å². The van der Waals surface area contributed by atoms with Gasteiger partial charge in [-0.05, 0) is 31.7 Å². The molecular weight excluding hydrogens is 335 g/mol. The van der Waals surface area contributed by atoms with Crippen molar-refractivity contribution in [3.8, 4) is 5.88 Å². The Hall–Kier alpha value is -2.13. The number of methoxy groups -OCH3 is 1. The van der Waals surface area contributed by atoms with Crippen molar-refractivity contribution in [3.63, 3.8) is 0 Å². The fraction of sp³-hybridized carbons (Fsp3) is 0.400. The SMILES string of the molecule is CCc1nn(C)c(OC)c1CNc1ccc(S(=O)(=O)NC)cc1F. The summed E-state index contributed by atoms with van der Waals surface area (Å²) < 4.78 is 46.7. The van der Waals surface area contributed by atoms with Crippen LogP contribution in [-0.2, 0) is 30.0 Å². The largest absolute Gasteiger partial charge is 0.481 e. The van der Waals surface area contributed by atoms with Crippen LogP contribution in [0.25, 0.3) is 0 Å². The van der Waals surface area contributed by atoms with E-state index < -0.39 is 15.8 Å². The topological polar surface area (TPSA) is 85.2 Å². The first-order chi connectivity index (χ1) is 11.3. The number of aryl methyl sites for hydroxylation is 2. The van der Waals surface area contributed by atoms with Gasteiger partial charge >= 0.3 is 0 Å². The van der Waals surface area contributed by atoms with Gasteiger partial charge in [0, 0.05) is 13.6 Å². The molecule has 0 spiro atoms. The van der Waals surface area contributed by atoms with Gasteiger partial charge in [0.2, 0.25) is 15.9 Å². The molecule has 0 radical (unpaired) electrons. The van der Waals surface area contributed by atoms with Gasteiger partial charge in [-0.2, -0.15) is 5.10 Å². The molecule has 2 aromatic rings. The van der Waals surface area contributed by atoms with Gasteiger partial charge in [-0.25, -0.2) is 22.2 Å². The van der Waals surface area contributed by atoms with Gasteiger partial charge in [-0.3, -0.25) is 0 Å². The Balaban J connectivity index is 2.25. The van der Waals surface area contributed by atoms with Gasteiger partial charge in [0.15, 0.2) is 0 Å². The van der Waals surface area contributed by atoms with E-state index in [0.29, 0.717) is 12.4 Å². The molecule has 0 saturated carbocycles. The molecule has 0 amide bonds. The average Bonchev–Trinajstić information content (AvgIpc) is 2.88. The third kappa shape index (κ3) is 3.51. The number of hydrogen-bond donors (Lipinski definition) is 2. The van der Waals surface area contributed by atoms with Gasteiger partial charge in [-0.15, -0.1) is 0 Å². The standard InChI is InChI=1S/C15H21FN4O3S/c1-5-13-11(15(23-4)20(3)19-13)9-18-14-7-6-10(8-12(14)16)24(21,22)17-2/h6-8,17-18H,5,9H2,1-4H3. The zero-order valence-electron chi connectivity index (χ0n) is 14.1. The minimum Gasteiger partial charge on any atom is -0.481 e. The third-order valence-electron chi connectivity index (χ3n) is 3.67. The van der Waals surface area contributed by atoms with Gasteiger partial charge < -0.3 is 10.1 Å². The molecule has 0 atom stereocenters. The molecule has 1 aromatic carbocycles.